The van der Waals surface area contributed by atoms with Crippen molar-refractivity contribution in [2.24, 2.45) is 0 Å². The molecule has 1 unspecified atom stereocenters. The Balaban J connectivity index is 1.22. The number of hydrogen-bond acceptors (Lipinski definition) is 6. The molecule has 2 aromatic heterocycles. The zero-order valence-corrected chi connectivity index (χ0v) is 27.1. The Morgan fingerprint density at radius 3 is 2.50 bits per heavy atom. The minimum atomic E-state index is -0.984. The molecule has 2 aromatic carbocycles. The molecule has 9 nitrogen and oxygen atoms in total. The van der Waals surface area contributed by atoms with E-state index >= 15 is 0 Å². The fraction of sp³-hybridized carbons (Fsp3) is 0.405. The van der Waals surface area contributed by atoms with Gasteiger partial charge in [-0.25, -0.2) is 19.3 Å². The van der Waals surface area contributed by atoms with E-state index in [1.165, 1.54) is 22.3 Å². The van der Waals surface area contributed by atoms with E-state index in [-0.39, 0.29) is 23.8 Å². The van der Waals surface area contributed by atoms with Gasteiger partial charge in [0.2, 0.25) is 0 Å². The number of carboxylic acids is 1. The number of carbonyl (C=O) groups excluding carboxylic acids is 1. The maximum atomic E-state index is 12.4. The molecule has 6 rings (SSSR count). The number of likely N-dealkylation sites (tertiary alicyclic amines) is 1. The Hall–Kier alpha value is -4.66. The molecule has 1 fully saturated rings. The smallest absolute Gasteiger partial charge is 0.410 e. The Kier molecular flexibility index (Phi) is 9.10. The van der Waals surface area contributed by atoms with E-state index < -0.39 is 5.97 Å². The molecular formula is C37H43N5O4. The molecule has 1 aliphatic heterocycles. The van der Waals surface area contributed by atoms with Gasteiger partial charge in [-0.1, -0.05) is 44.2 Å². The topological polar surface area (TPSA) is 110 Å². The molecule has 4 aromatic rings. The third-order valence-corrected chi connectivity index (χ3v) is 9.24. The predicted octanol–water partition coefficient (Wildman–Crippen LogP) is 7.58. The van der Waals surface area contributed by atoms with E-state index in [4.69, 9.17) is 9.72 Å². The summed E-state index contributed by atoms with van der Waals surface area (Å²) >= 11 is 0. The fourth-order valence-corrected chi connectivity index (χ4v) is 6.97. The Bertz CT molecular complexity index is 1740. The lowest BCUT2D eigenvalue weighted by Gasteiger charge is -2.33. The lowest BCUT2D eigenvalue weighted by Crippen LogP contribution is -2.39. The first kappa shape index (κ1) is 31.3. The first-order valence-electron chi connectivity index (χ1n) is 16.5. The van der Waals surface area contributed by atoms with Gasteiger partial charge in [-0.05, 0) is 105 Å². The average molecular weight is 622 g/mol. The molecule has 1 atom stereocenters. The highest BCUT2D eigenvalue weighted by molar-refractivity contribution is 5.88. The SMILES string of the molecule is CCc1cc(NC2CCc3cccc(-c4cccc(-n5cc(C(=O)O)c(CC)n5)n4)c32)ccc1C1CCN(C(=O)OC(C)C)CC1. The number of aryl methyl sites for hydroxylation is 3. The molecule has 0 radical (unpaired) electrons. The van der Waals surface area contributed by atoms with Gasteiger partial charge in [0.1, 0.15) is 5.56 Å². The van der Waals surface area contributed by atoms with E-state index in [1.54, 1.807) is 10.9 Å². The number of aromatic nitrogens is 3. The second-order valence-corrected chi connectivity index (χ2v) is 12.5. The van der Waals surface area contributed by atoms with Crippen molar-refractivity contribution in [3.05, 3.63) is 94.3 Å². The summed E-state index contributed by atoms with van der Waals surface area (Å²) in [6.45, 7) is 9.32. The number of benzene rings is 2. The van der Waals surface area contributed by atoms with Gasteiger partial charge in [-0.2, -0.15) is 5.10 Å². The highest BCUT2D eigenvalue weighted by Crippen LogP contribution is 2.41. The minimum absolute atomic E-state index is 0.105. The maximum absolute atomic E-state index is 12.4. The zero-order valence-electron chi connectivity index (χ0n) is 27.1. The number of nitrogens with zero attached hydrogens (tertiary/aromatic N) is 4. The number of fused-ring (bicyclic) bond motifs is 1. The normalized spacial score (nSPS) is 16.5. The number of nitrogens with one attached hydrogen (secondary N) is 1. The molecule has 0 spiro atoms. The third kappa shape index (κ3) is 6.36. The van der Waals surface area contributed by atoms with Crippen LogP contribution in [0.2, 0.25) is 0 Å². The summed E-state index contributed by atoms with van der Waals surface area (Å²) < 4.78 is 6.98. The highest BCUT2D eigenvalue weighted by Gasteiger charge is 2.29. The summed E-state index contributed by atoms with van der Waals surface area (Å²) in [7, 11) is 0. The summed E-state index contributed by atoms with van der Waals surface area (Å²) in [5.74, 6) is 0.0343. The number of anilines is 1. The number of rotatable bonds is 9. The molecule has 2 aliphatic rings. The van der Waals surface area contributed by atoms with E-state index in [0.29, 0.717) is 23.9 Å². The number of hydrogen-bond donors (Lipinski definition) is 2. The first-order chi connectivity index (χ1) is 22.2. The number of aromatic carboxylic acids is 1. The minimum Gasteiger partial charge on any atom is -0.478 e. The monoisotopic (exact) mass is 621 g/mol. The van der Waals surface area contributed by atoms with Crippen LogP contribution in [0.4, 0.5) is 10.5 Å². The summed E-state index contributed by atoms with van der Waals surface area (Å²) in [6, 6.07) is 19.2. The molecule has 0 saturated carbocycles. The number of carbonyl (C=O) groups is 2. The van der Waals surface area contributed by atoms with E-state index in [0.717, 1.165) is 62.1 Å². The van der Waals surface area contributed by atoms with Gasteiger partial charge in [0.15, 0.2) is 5.82 Å². The van der Waals surface area contributed by atoms with Crippen LogP contribution in [-0.4, -0.2) is 56.0 Å². The van der Waals surface area contributed by atoms with Crippen molar-refractivity contribution in [1.29, 1.82) is 0 Å². The Morgan fingerprint density at radius 2 is 1.80 bits per heavy atom. The second kappa shape index (κ2) is 13.4. The third-order valence-electron chi connectivity index (χ3n) is 9.24. The maximum Gasteiger partial charge on any atom is 0.410 e. The van der Waals surface area contributed by atoms with E-state index in [2.05, 4.69) is 53.7 Å². The van der Waals surface area contributed by atoms with Gasteiger partial charge >= 0.3 is 12.1 Å². The number of ether oxygens (including phenoxy) is 1. The molecule has 1 amide bonds. The van der Waals surface area contributed by atoms with Gasteiger partial charge in [-0.3, -0.25) is 0 Å². The molecule has 9 heteroatoms. The van der Waals surface area contributed by atoms with Gasteiger partial charge in [0.25, 0.3) is 0 Å². The Morgan fingerprint density at radius 1 is 1.02 bits per heavy atom. The Labute approximate surface area is 270 Å². The number of carboxylic acid groups (broad SMARTS) is 1. The summed E-state index contributed by atoms with van der Waals surface area (Å²) in [5.41, 5.74) is 9.07. The van der Waals surface area contributed by atoms with Gasteiger partial charge in [0.05, 0.1) is 23.5 Å². The molecule has 46 heavy (non-hydrogen) atoms. The van der Waals surface area contributed by atoms with Crippen LogP contribution < -0.4 is 5.32 Å². The summed E-state index contributed by atoms with van der Waals surface area (Å²) in [4.78, 5) is 30.9. The largest absolute Gasteiger partial charge is 0.478 e. The molecule has 1 saturated heterocycles. The summed E-state index contributed by atoms with van der Waals surface area (Å²) in [5, 5.41) is 18.0. The highest BCUT2D eigenvalue weighted by atomic mass is 16.6. The van der Waals surface area contributed by atoms with E-state index in [1.807, 2.05) is 43.9 Å². The predicted molar refractivity (Wildman–Crippen MR) is 179 cm³/mol. The zero-order chi connectivity index (χ0) is 32.4. The van der Waals surface area contributed by atoms with Gasteiger partial charge in [-0.15, -0.1) is 0 Å². The van der Waals surface area contributed by atoms with E-state index in [9.17, 15) is 14.7 Å². The average Bonchev–Trinajstić information content (AvgIpc) is 3.69. The van der Waals surface area contributed by atoms with Crippen LogP contribution in [0.15, 0.2) is 60.8 Å². The molecule has 2 N–H and O–H groups in total. The van der Waals surface area contributed by atoms with Crippen molar-refractivity contribution in [3.63, 3.8) is 0 Å². The fourth-order valence-electron chi connectivity index (χ4n) is 6.97. The van der Waals surface area contributed by atoms with Crippen LogP contribution in [-0.2, 0) is 24.0 Å². The quantitative estimate of drug-likeness (QED) is 0.198. The van der Waals surface area contributed by atoms with Crippen molar-refractivity contribution in [3.8, 4) is 17.1 Å². The lowest BCUT2D eigenvalue weighted by molar-refractivity contribution is 0.0683. The molecule has 3 heterocycles. The van der Waals surface area contributed by atoms with Crippen LogP contribution in [0, 0.1) is 0 Å². The lowest BCUT2D eigenvalue weighted by atomic mass is 9.85. The van der Waals surface area contributed by atoms with Crippen molar-refractivity contribution in [1.82, 2.24) is 19.7 Å². The molecule has 240 valence electrons. The van der Waals surface area contributed by atoms with Crippen LogP contribution >= 0.6 is 0 Å². The van der Waals surface area contributed by atoms with Crippen molar-refractivity contribution < 1.29 is 19.4 Å². The molecular weight excluding hydrogens is 578 g/mol. The van der Waals surface area contributed by atoms with Crippen molar-refractivity contribution in [2.75, 3.05) is 18.4 Å². The second-order valence-electron chi connectivity index (χ2n) is 12.5. The molecule has 1 aliphatic carbocycles. The first-order valence-corrected chi connectivity index (χ1v) is 16.5. The van der Waals surface area contributed by atoms with Gasteiger partial charge < -0.3 is 20.1 Å². The van der Waals surface area contributed by atoms with Crippen molar-refractivity contribution >= 4 is 17.7 Å². The number of amides is 1. The standard InChI is InChI=1S/C37H43N5O4/c1-5-24-21-27(14-15-28(24)25-17-19-41(20-18-25)37(45)46-23(3)4)38-33-16-13-26-9-7-10-29(35(26)33)32-11-8-12-34(39-32)42-22-30(36(43)44)31(6-2)40-42/h7-12,14-15,21-23,25,33,38H,5-6,13,16-20H2,1-4H3,(H,43,44). The number of pyridine rings is 1. The van der Waals surface area contributed by atoms with Crippen molar-refractivity contribution in [2.45, 2.75) is 84.3 Å². The van der Waals surface area contributed by atoms with Crippen LogP contribution in [0.25, 0.3) is 17.1 Å². The number of piperidine rings is 1. The van der Waals surface area contributed by atoms with Crippen LogP contribution in [0.3, 0.4) is 0 Å². The van der Waals surface area contributed by atoms with Gasteiger partial charge in [0, 0.05) is 30.5 Å². The molecule has 0 bridgehead atoms. The van der Waals surface area contributed by atoms with Crippen LogP contribution in [0.5, 0.6) is 0 Å². The summed E-state index contributed by atoms with van der Waals surface area (Å²) in [6.07, 6.45) is 6.56. The van der Waals surface area contributed by atoms with Crippen LogP contribution in [0.1, 0.15) is 97.2 Å².